The maximum atomic E-state index is 14.1. The number of rotatable bonds is 5. The Morgan fingerprint density at radius 2 is 1.79 bits per heavy atom. The average molecular weight is 476 g/mol. The van der Waals surface area contributed by atoms with Crippen molar-refractivity contribution < 1.29 is 27.1 Å². The zero-order chi connectivity index (χ0) is 23.8. The number of halogens is 1. The molecule has 10 heteroatoms. The molecule has 0 radical (unpaired) electrons. The van der Waals surface area contributed by atoms with Crippen LogP contribution in [0, 0.1) is 12.7 Å². The number of piperazine rings is 1. The topological polar surface area (TPSA) is 87.2 Å². The van der Waals surface area contributed by atoms with Crippen LogP contribution in [0.4, 0.5) is 10.1 Å². The van der Waals surface area contributed by atoms with Crippen molar-refractivity contribution in [3.8, 4) is 5.75 Å². The highest BCUT2D eigenvalue weighted by atomic mass is 32.2. The molecule has 4 rings (SSSR count). The van der Waals surface area contributed by atoms with Crippen molar-refractivity contribution in [3.05, 3.63) is 53.8 Å². The van der Waals surface area contributed by atoms with Gasteiger partial charge in [0, 0.05) is 32.6 Å². The lowest BCUT2D eigenvalue weighted by atomic mass is 10.1. The molecule has 1 atom stereocenters. The molecule has 2 aromatic rings. The van der Waals surface area contributed by atoms with Crippen LogP contribution in [0.2, 0.25) is 0 Å². The highest BCUT2D eigenvalue weighted by molar-refractivity contribution is 7.89. The Morgan fingerprint density at radius 3 is 2.42 bits per heavy atom. The molecule has 2 saturated heterocycles. The van der Waals surface area contributed by atoms with E-state index in [4.69, 9.17) is 4.74 Å². The molecule has 8 nitrogen and oxygen atoms in total. The first-order valence-corrected chi connectivity index (χ1v) is 12.2. The molecule has 0 aromatic heterocycles. The summed E-state index contributed by atoms with van der Waals surface area (Å²) in [5.74, 6) is -0.789. The van der Waals surface area contributed by atoms with Crippen LogP contribution in [0.15, 0.2) is 47.4 Å². The Hall–Kier alpha value is -3.14. The Balaban J connectivity index is 1.51. The number of hydrogen-bond acceptors (Lipinski definition) is 6. The maximum absolute atomic E-state index is 14.1. The molecule has 0 aliphatic carbocycles. The van der Waals surface area contributed by atoms with Gasteiger partial charge in [-0.2, -0.15) is 0 Å². The maximum Gasteiger partial charge on any atom is 0.267 e. The van der Waals surface area contributed by atoms with Gasteiger partial charge in [-0.05, 0) is 49.2 Å². The molecule has 2 amide bonds. The van der Waals surface area contributed by atoms with Crippen LogP contribution in [0.5, 0.6) is 5.75 Å². The van der Waals surface area contributed by atoms with Gasteiger partial charge in [-0.1, -0.05) is 12.1 Å². The lowest BCUT2D eigenvalue weighted by Gasteiger charge is -2.38. The molecule has 2 aliphatic heterocycles. The second-order valence-corrected chi connectivity index (χ2v) is 9.96. The summed E-state index contributed by atoms with van der Waals surface area (Å²) in [5.41, 5.74) is 1.08. The van der Waals surface area contributed by atoms with Gasteiger partial charge < -0.3 is 14.5 Å². The number of nitrogens with zero attached hydrogens (tertiary/aromatic N) is 3. The van der Waals surface area contributed by atoms with E-state index in [1.165, 1.54) is 31.4 Å². The molecule has 2 aliphatic rings. The summed E-state index contributed by atoms with van der Waals surface area (Å²) in [6.07, 6.45) is 0.125. The average Bonchev–Trinajstić information content (AvgIpc) is 3.21. The van der Waals surface area contributed by atoms with E-state index in [0.29, 0.717) is 43.2 Å². The first-order chi connectivity index (χ1) is 15.7. The number of anilines is 1. The SMILES string of the molecule is COc1ccc(S(=O)(=O)N2C(=O)CC[C@@H]2C(=O)N2CCN(c3ccccc3F)CC2)cc1C. The van der Waals surface area contributed by atoms with E-state index >= 15 is 0 Å². The number of para-hydroxylation sites is 1. The normalized spacial score (nSPS) is 19.2. The summed E-state index contributed by atoms with van der Waals surface area (Å²) in [6, 6.07) is 9.72. The van der Waals surface area contributed by atoms with Crippen molar-refractivity contribution in [2.24, 2.45) is 0 Å². The lowest BCUT2D eigenvalue weighted by Crippen LogP contribution is -2.55. The smallest absolute Gasteiger partial charge is 0.267 e. The van der Waals surface area contributed by atoms with E-state index in [2.05, 4.69) is 0 Å². The largest absolute Gasteiger partial charge is 0.496 e. The molecule has 0 spiro atoms. The van der Waals surface area contributed by atoms with Gasteiger partial charge in [-0.3, -0.25) is 9.59 Å². The minimum Gasteiger partial charge on any atom is -0.496 e. The van der Waals surface area contributed by atoms with Gasteiger partial charge in [0.25, 0.3) is 10.0 Å². The Bertz CT molecular complexity index is 1180. The molecular weight excluding hydrogens is 449 g/mol. The van der Waals surface area contributed by atoms with Crippen molar-refractivity contribution >= 4 is 27.5 Å². The summed E-state index contributed by atoms with van der Waals surface area (Å²) >= 11 is 0. The van der Waals surface area contributed by atoms with Gasteiger partial charge in [0.15, 0.2) is 0 Å². The zero-order valence-corrected chi connectivity index (χ0v) is 19.3. The number of amides is 2. The highest BCUT2D eigenvalue weighted by Gasteiger charge is 2.46. The molecule has 0 bridgehead atoms. The molecule has 2 fully saturated rings. The van der Waals surface area contributed by atoms with E-state index in [9.17, 15) is 22.4 Å². The summed E-state index contributed by atoms with van der Waals surface area (Å²) < 4.78 is 46.6. The molecule has 0 saturated carbocycles. The number of sulfonamides is 1. The van der Waals surface area contributed by atoms with Crippen LogP contribution in [-0.2, 0) is 19.6 Å². The zero-order valence-electron chi connectivity index (χ0n) is 18.5. The number of methoxy groups -OCH3 is 1. The predicted octanol–water partition coefficient (Wildman–Crippen LogP) is 2.17. The predicted molar refractivity (Wildman–Crippen MR) is 120 cm³/mol. The van der Waals surface area contributed by atoms with Gasteiger partial charge in [0.1, 0.15) is 17.6 Å². The van der Waals surface area contributed by atoms with Gasteiger partial charge in [0.05, 0.1) is 17.7 Å². The van der Waals surface area contributed by atoms with Crippen LogP contribution < -0.4 is 9.64 Å². The number of carbonyl (C=O) groups is 2. The monoisotopic (exact) mass is 475 g/mol. The first-order valence-electron chi connectivity index (χ1n) is 10.7. The molecule has 176 valence electrons. The van der Waals surface area contributed by atoms with Crippen LogP contribution in [0.25, 0.3) is 0 Å². The van der Waals surface area contributed by atoms with Crippen LogP contribution in [0.1, 0.15) is 18.4 Å². The number of hydrogen-bond donors (Lipinski definition) is 0. The van der Waals surface area contributed by atoms with Gasteiger partial charge >= 0.3 is 0 Å². The fourth-order valence-electron chi connectivity index (χ4n) is 4.40. The third-order valence-electron chi connectivity index (χ3n) is 6.15. The van der Waals surface area contributed by atoms with E-state index in [0.717, 1.165) is 4.31 Å². The van der Waals surface area contributed by atoms with E-state index in [1.807, 2.05) is 4.90 Å². The minimum atomic E-state index is -4.21. The molecule has 2 aromatic carbocycles. The lowest BCUT2D eigenvalue weighted by molar-refractivity contribution is -0.138. The quantitative estimate of drug-likeness (QED) is 0.659. The number of carbonyl (C=O) groups excluding carboxylic acids is 2. The number of benzene rings is 2. The standard InChI is InChI=1S/C23H26FN3O5S/c1-16-15-17(7-9-21(16)32-2)33(30,31)27-20(8-10-22(27)28)23(29)26-13-11-25(12-14-26)19-6-4-3-5-18(19)24/h3-7,9,15,20H,8,10-14H2,1-2H3/t20-/m1/s1. The second kappa shape index (κ2) is 9.01. The summed E-state index contributed by atoms with van der Waals surface area (Å²) in [5, 5.41) is 0. The first kappa shape index (κ1) is 23.0. The summed E-state index contributed by atoms with van der Waals surface area (Å²) in [6.45, 7) is 3.16. The summed E-state index contributed by atoms with van der Waals surface area (Å²) in [7, 11) is -2.72. The van der Waals surface area contributed by atoms with E-state index in [-0.39, 0.29) is 23.6 Å². The van der Waals surface area contributed by atoms with Gasteiger partial charge in [-0.15, -0.1) is 0 Å². The van der Waals surface area contributed by atoms with Crippen molar-refractivity contribution in [1.82, 2.24) is 9.21 Å². The van der Waals surface area contributed by atoms with Crippen molar-refractivity contribution in [2.75, 3.05) is 38.2 Å². The molecular formula is C23H26FN3O5S. The second-order valence-electron chi connectivity index (χ2n) is 8.14. The third-order valence-corrected chi connectivity index (χ3v) is 7.98. The van der Waals surface area contributed by atoms with E-state index in [1.54, 1.807) is 30.0 Å². The van der Waals surface area contributed by atoms with Crippen LogP contribution in [-0.4, -0.2) is 68.8 Å². The number of aryl methyl sites for hydroxylation is 1. The highest BCUT2D eigenvalue weighted by Crippen LogP contribution is 2.31. The third kappa shape index (κ3) is 4.27. The Morgan fingerprint density at radius 1 is 1.09 bits per heavy atom. The van der Waals surface area contributed by atoms with Crippen LogP contribution in [0.3, 0.4) is 0 Å². The minimum absolute atomic E-state index is 0.0139. The van der Waals surface area contributed by atoms with Crippen LogP contribution >= 0.6 is 0 Å². The van der Waals surface area contributed by atoms with Gasteiger partial charge in [-0.25, -0.2) is 17.1 Å². The fourth-order valence-corrected chi connectivity index (χ4v) is 6.08. The molecule has 0 N–H and O–H groups in total. The summed E-state index contributed by atoms with van der Waals surface area (Å²) in [4.78, 5) is 29.2. The molecule has 0 unspecified atom stereocenters. The molecule has 2 heterocycles. The number of ether oxygens (including phenoxy) is 1. The molecule has 33 heavy (non-hydrogen) atoms. The fraction of sp³-hybridized carbons (Fsp3) is 0.391. The van der Waals surface area contributed by atoms with Gasteiger partial charge in [0.2, 0.25) is 11.8 Å². The van der Waals surface area contributed by atoms with Crippen molar-refractivity contribution in [2.45, 2.75) is 30.7 Å². The Labute approximate surface area is 192 Å². The van der Waals surface area contributed by atoms with Crippen molar-refractivity contribution in [3.63, 3.8) is 0 Å². The van der Waals surface area contributed by atoms with E-state index < -0.39 is 27.9 Å². The van der Waals surface area contributed by atoms with Crippen molar-refractivity contribution in [1.29, 1.82) is 0 Å². The Kier molecular flexibility index (Phi) is 6.29.